The van der Waals surface area contributed by atoms with Crippen LogP contribution in [0.3, 0.4) is 0 Å². The Hall–Kier alpha value is -2.69. The maximum Gasteiger partial charge on any atom is 0.311 e. The van der Waals surface area contributed by atoms with Crippen LogP contribution in [0.5, 0.6) is 5.75 Å². The fourth-order valence-corrected chi connectivity index (χ4v) is 2.57. The molecule has 0 saturated heterocycles. The third-order valence-electron chi connectivity index (χ3n) is 3.67. The number of nitrogens with zero attached hydrogens (tertiary/aromatic N) is 1. The molecule has 1 atom stereocenters. The molecule has 1 aromatic carbocycles. The number of hydrogen-bond donors (Lipinski definition) is 1. The number of para-hydroxylation sites is 1. The van der Waals surface area contributed by atoms with Crippen molar-refractivity contribution < 1.29 is 14.3 Å². The van der Waals surface area contributed by atoms with Gasteiger partial charge < -0.3 is 10.1 Å². The van der Waals surface area contributed by atoms with Gasteiger partial charge in [0.05, 0.1) is 6.42 Å². The van der Waals surface area contributed by atoms with E-state index in [1.807, 2.05) is 30.3 Å². The second-order valence-electron chi connectivity index (χ2n) is 5.25. The average molecular weight is 296 g/mol. The molecule has 0 saturated carbocycles. The van der Waals surface area contributed by atoms with Crippen molar-refractivity contribution in [1.29, 1.82) is 0 Å². The Labute approximate surface area is 128 Å². The molecule has 5 nitrogen and oxygen atoms in total. The highest BCUT2D eigenvalue weighted by molar-refractivity contribution is 5.81. The number of benzene rings is 1. The van der Waals surface area contributed by atoms with Crippen LogP contribution in [0.4, 0.5) is 0 Å². The fraction of sp³-hybridized carbons (Fsp3) is 0.235. The molecule has 1 amide bonds. The van der Waals surface area contributed by atoms with Gasteiger partial charge in [0.25, 0.3) is 0 Å². The van der Waals surface area contributed by atoms with E-state index in [1.165, 1.54) is 0 Å². The lowest BCUT2D eigenvalue weighted by Crippen LogP contribution is -2.28. The number of carbonyl (C=O) groups is 2. The Morgan fingerprint density at radius 1 is 1.23 bits per heavy atom. The minimum atomic E-state index is -0.286. The zero-order valence-corrected chi connectivity index (χ0v) is 12.0. The smallest absolute Gasteiger partial charge is 0.311 e. The predicted octanol–water partition coefficient (Wildman–Crippen LogP) is 2.18. The fourth-order valence-electron chi connectivity index (χ4n) is 2.57. The van der Waals surface area contributed by atoms with Crippen LogP contribution in [0.25, 0.3) is 0 Å². The highest BCUT2D eigenvalue weighted by Crippen LogP contribution is 2.35. The molecule has 0 fully saturated rings. The van der Waals surface area contributed by atoms with Gasteiger partial charge in [-0.3, -0.25) is 14.6 Å². The Morgan fingerprint density at radius 2 is 2.00 bits per heavy atom. The summed E-state index contributed by atoms with van der Waals surface area (Å²) in [6.45, 7) is 0.458. The maximum atomic E-state index is 12.1. The highest BCUT2D eigenvalue weighted by atomic mass is 16.5. The van der Waals surface area contributed by atoms with Crippen LogP contribution in [-0.2, 0) is 16.1 Å². The normalized spacial score (nSPS) is 16.5. The molecular weight excluding hydrogens is 280 g/mol. The molecule has 2 aromatic rings. The number of rotatable bonds is 4. The van der Waals surface area contributed by atoms with Crippen molar-refractivity contribution in [2.45, 2.75) is 25.3 Å². The lowest BCUT2D eigenvalue weighted by atomic mass is 9.89. The molecule has 0 unspecified atom stereocenters. The van der Waals surface area contributed by atoms with Crippen molar-refractivity contribution in [2.75, 3.05) is 0 Å². The van der Waals surface area contributed by atoms with Crippen molar-refractivity contribution in [3.8, 4) is 5.75 Å². The summed E-state index contributed by atoms with van der Waals surface area (Å²) in [4.78, 5) is 27.7. The largest absolute Gasteiger partial charge is 0.426 e. The number of aromatic nitrogens is 1. The van der Waals surface area contributed by atoms with Gasteiger partial charge in [-0.2, -0.15) is 0 Å². The number of ether oxygens (including phenoxy) is 1. The molecule has 1 N–H and O–H groups in total. The maximum absolute atomic E-state index is 12.1. The Kier molecular flexibility index (Phi) is 4.14. The number of esters is 1. The van der Waals surface area contributed by atoms with Gasteiger partial charge >= 0.3 is 5.97 Å². The van der Waals surface area contributed by atoms with E-state index in [0.717, 1.165) is 11.1 Å². The highest BCUT2D eigenvalue weighted by Gasteiger charge is 2.28. The molecule has 3 rings (SSSR count). The summed E-state index contributed by atoms with van der Waals surface area (Å²) in [6, 6.07) is 11.1. The average Bonchev–Trinajstić information content (AvgIpc) is 2.54. The monoisotopic (exact) mass is 296 g/mol. The minimum absolute atomic E-state index is 0.0775. The molecule has 1 aliphatic rings. The van der Waals surface area contributed by atoms with Crippen LogP contribution in [0.15, 0.2) is 48.8 Å². The van der Waals surface area contributed by atoms with Crippen molar-refractivity contribution in [3.05, 3.63) is 59.9 Å². The number of hydrogen-bond acceptors (Lipinski definition) is 4. The standard InChI is InChI=1S/C17H16N2O3/c20-16(19-11-12-5-7-18-8-6-12)9-13-10-17(21)22-15-4-2-1-3-14(13)15/h1-8,13H,9-11H2,(H,19,20)/t13-/m1/s1. The van der Waals surface area contributed by atoms with Crippen molar-refractivity contribution in [2.24, 2.45) is 0 Å². The van der Waals surface area contributed by atoms with Gasteiger partial charge in [-0.15, -0.1) is 0 Å². The van der Waals surface area contributed by atoms with Crippen LogP contribution < -0.4 is 10.1 Å². The second-order valence-corrected chi connectivity index (χ2v) is 5.25. The van der Waals surface area contributed by atoms with Crippen LogP contribution in [0.2, 0.25) is 0 Å². The van der Waals surface area contributed by atoms with Gasteiger partial charge in [0.2, 0.25) is 5.91 Å². The van der Waals surface area contributed by atoms with Crippen molar-refractivity contribution in [3.63, 3.8) is 0 Å². The molecule has 2 heterocycles. The van der Waals surface area contributed by atoms with E-state index in [-0.39, 0.29) is 30.6 Å². The van der Waals surface area contributed by atoms with E-state index in [9.17, 15) is 9.59 Å². The van der Waals surface area contributed by atoms with E-state index in [1.54, 1.807) is 18.5 Å². The summed E-state index contributed by atoms with van der Waals surface area (Å²) in [7, 11) is 0. The number of nitrogens with one attached hydrogen (secondary N) is 1. The Bertz CT molecular complexity index is 685. The summed E-state index contributed by atoms with van der Waals surface area (Å²) in [5.41, 5.74) is 1.91. The van der Waals surface area contributed by atoms with E-state index in [0.29, 0.717) is 12.3 Å². The van der Waals surface area contributed by atoms with Crippen LogP contribution in [-0.4, -0.2) is 16.9 Å². The quantitative estimate of drug-likeness (QED) is 0.693. The molecule has 22 heavy (non-hydrogen) atoms. The van der Waals surface area contributed by atoms with Crippen LogP contribution >= 0.6 is 0 Å². The first-order chi connectivity index (χ1) is 10.7. The molecule has 112 valence electrons. The summed E-state index contributed by atoms with van der Waals surface area (Å²) in [5.74, 6) is 0.0672. The van der Waals surface area contributed by atoms with Gasteiger partial charge in [0.15, 0.2) is 0 Å². The van der Waals surface area contributed by atoms with E-state index >= 15 is 0 Å². The summed E-state index contributed by atoms with van der Waals surface area (Å²) in [6.07, 6.45) is 3.89. The Balaban J connectivity index is 1.63. The first kappa shape index (κ1) is 14.3. The first-order valence-corrected chi connectivity index (χ1v) is 7.17. The van der Waals surface area contributed by atoms with Crippen molar-refractivity contribution >= 4 is 11.9 Å². The topological polar surface area (TPSA) is 68.3 Å². The zero-order valence-electron chi connectivity index (χ0n) is 12.0. The number of fused-ring (bicyclic) bond motifs is 1. The van der Waals surface area contributed by atoms with Gasteiger partial charge in [-0.25, -0.2) is 0 Å². The van der Waals surface area contributed by atoms with Crippen LogP contribution in [0.1, 0.15) is 29.9 Å². The van der Waals surface area contributed by atoms with E-state index in [4.69, 9.17) is 4.74 Å². The lowest BCUT2D eigenvalue weighted by molar-refractivity contribution is -0.136. The van der Waals surface area contributed by atoms with Crippen LogP contribution in [0, 0.1) is 0 Å². The third kappa shape index (κ3) is 3.31. The van der Waals surface area contributed by atoms with Crippen molar-refractivity contribution in [1.82, 2.24) is 10.3 Å². The molecule has 1 aromatic heterocycles. The van der Waals surface area contributed by atoms with Gasteiger partial charge in [0.1, 0.15) is 5.75 Å². The third-order valence-corrected chi connectivity index (χ3v) is 3.67. The lowest BCUT2D eigenvalue weighted by Gasteiger charge is -2.23. The summed E-state index contributed by atoms with van der Waals surface area (Å²) in [5, 5.41) is 2.87. The van der Waals surface area contributed by atoms with E-state index in [2.05, 4.69) is 10.3 Å². The summed E-state index contributed by atoms with van der Waals surface area (Å²) >= 11 is 0. The SMILES string of the molecule is O=C(C[C@@H]1CC(=O)Oc2ccccc21)NCc1ccncc1. The van der Waals surface area contributed by atoms with Gasteiger partial charge in [0, 0.05) is 31.3 Å². The minimum Gasteiger partial charge on any atom is -0.426 e. The first-order valence-electron chi connectivity index (χ1n) is 7.17. The second kappa shape index (κ2) is 6.39. The number of amides is 1. The van der Waals surface area contributed by atoms with Gasteiger partial charge in [-0.1, -0.05) is 18.2 Å². The van der Waals surface area contributed by atoms with Gasteiger partial charge in [-0.05, 0) is 29.3 Å². The molecular formula is C17H16N2O3. The predicted molar refractivity (Wildman–Crippen MR) is 80.1 cm³/mol. The number of pyridine rings is 1. The molecule has 0 aliphatic carbocycles. The summed E-state index contributed by atoms with van der Waals surface area (Å²) < 4.78 is 5.20. The van der Waals surface area contributed by atoms with E-state index < -0.39 is 0 Å². The molecule has 0 bridgehead atoms. The Morgan fingerprint density at radius 3 is 2.82 bits per heavy atom. The molecule has 5 heteroatoms. The zero-order chi connectivity index (χ0) is 15.4. The number of carbonyl (C=O) groups excluding carboxylic acids is 2. The molecule has 0 radical (unpaired) electrons. The molecule has 1 aliphatic heterocycles. The molecule has 0 spiro atoms.